The van der Waals surface area contributed by atoms with Gasteiger partial charge >= 0.3 is 0 Å². The van der Waals surface area contributed by atoms with Crippen LogP contribution in [0, 0.1) is 0 Å². The lowest BCUT2D eigenvalue weighted by atomic mass is 9.95. The Bertz CT molecular complexity index is 975. The summed E-state index contributed by atoms with van der Waals surface area (Å²) in [5.41, 5.74) is 1.59. The highest BCUT2D eigenvalue weighted by atomic mass is 35.5. The maximum absolute atomic E-state index is 12.4. The van der Waals surface area contributed by atoms with Crippen LogP contribution in [0.1, 0.15) is 36.9 Å². The van der Waals surface area contributed by atoms with Crippen LogP contribution in [0.5, 0.6) is 11.5 Å². The molecule has 3 aromatic rings. The zero-order valence-electron chi connectivity index (χ0n) is 15.2. The van der Waals surface area contributed by atoms with Gasteiger partial charge in [0.25, 0.3) is 0 Å². The molecule has 1 atom stereocenters. The van der Waals surface area contributed by atoms with E-state index in [4.69, 9.17) is 16.3 Å². The summed E-state index contributed by atoms with van der Waals surface area (Å²) < 4.78 is 5.47. The van der Waals surface area contributed by atoms with E-state index < -0.39 is 6.04 Å². The minimum absolute atomic E-state index is 0.0114. The maximum Gasteiger partial charge on any atom is 0.220 e. The summed E-state index contributed by atoms with van der Waals surface area (Å²) >= 11 is 6.44. The first-order valence-electron chi connectivity index (χ1n) is 8.75. The number of ether oxygens (including phenoxy) is 1. The number of benzene rings is 2. The highest BCUT2D eigenvalue weighted by Crippen LogP contribution is 2.40. The van der Waals surface area contributed by atoms with Crippen LogP contribution in [0.2, 0.25) is 5.02 Å². The molecule has 0 radical (unpaired) electrons. The van der Waals surface area contributed by atoms with Gasteiger partial charge in [-0.15, -0.1) is 0 Å². The molecule has 6 heteroatoms. The molecular formula is C21H21ClN2O3. The molecule has 0 bridgehead atoms. The molecule has 0 aliphatic carbocycles. The first-order valence-corrected chi connectivity index (χ1v) is 9.13. The number of aromatic hydroxyl groups is 1. The summed E-state index contributed by atoms with van der Waals surface area (Å²) in [5, 5.41) is 15.0. The van der Waals surface area contributed by atoms with Crippen molar-refractivity contribution in [3.05, 3.63) is 64.8 Å². The molecule has 0 saturated carbocycles. The first kappa shape index (κ1) is 19.0. The van der Waals surface area contributed by atoms with Crippen LogP contribution >= 0.6 is 11.6 Å². The molecule has 1 heterocycles. The van der Waals surface area contributed by atoms with Crippen molar-refractivity contribution in [2.24, 2.45) is 0 Å². The molecular weight excluding hydrogens is 364 g/mol. The van der Waals surface area contributed by atoms with Crippen molar-refractivity contribution < 1.29 is 14.6 Å². The molecule has 140 valence electrons. The van der Waals surface area contributed by atoms with E-state index in [9.17, 15) is 9.90 Å². The second-order valence-corrected chi connectivity index (χ2v) is 6.60. The molecule has 0 aliphatic heterocycles. The molecule has 3 rings (SSSR count). The van der Waals surface area contributed by atoms with Gasteiger partial charge in [0.2, 0.25) is 5.91 Å². The Kier molecular flexibility index (Phi) is 5.81. The van der Waals surface area contributed by atoms with E-state index in [1.54, 1.807) is 31.5 Å². The number of nitrogens with one attached hydrogen (secondary N) is 1. The highest BCUT2D eigenvalue weighted by Gasteiger charge is 2.25. The largest absolute Gasteiger partial charge is 0.505 e. The summed E-state index contributed by atoms with van der Waals surface area (Å²) in [6.45, 7) is 1.94. The number of nitrogens with zero attached hydrogens (tertiary/aromatic N) is 1. The van der Waals surface area contributed by atoms with Crippen LogP contribution < -0.4 is 10.1 Å². The fourth-order valence-electron chi connectivity index (χ4n) is 3.11. The van der Waals surface area contributed by atoms with Gasteiger partial charge in [-0.3, -0.25) is 9.78 Å². The second-order valence-electron chi connectivity index (χ2n) is 6.19. The lowest BCUT2D eigenvalue weighted by Gasteiger charge is -2.23. The van der Waals surface area contributed by atoms with Gasteiger partial charge < -0.3 is 15.2 Å². The number of amides is 1. The molecule has 5 nitrogen and oxygen atoms in total. The summed E-state index contributed by atoms with van der Waals surface area (Å²) in [6, 6.07) is 12.0. The van der Waals surface area contributed by atoms with E-state index in [0.717, 1.165) is 12.0 Å². The van der Waals surface area contributed by atoms with Crippen molar-refractivity contribution in [1.82, 2.24) is 10.3 Å². The zero-order valence-corrected chi connectivity index (χ0v) is 16.0. The number of phenolic OH excluding ortho intramolecular Hbond substituents is 1. The molecule has 1 amide bonds. The molecule has 2 N–H and O–H groups in total. The number of carbonyl (C=O) groups is 1. The monoisotopic (exact) mass is 384 g/mol. The Morgan fingerprint density at radius 1 is 1.26 bits per heavy atom. The molecule has 0 unspecified atom stereocenters. The molecule has 0 spiro atoms. The van der Waals surface area contributed by atoms with Gasteiger partial charge in [0.15, 0.2) is 0 Å². The number of aromatic nitrogens is 1. The smallest absolute Gasteiger partial charge is 0.220 e. The van der Waals surface area contributed by atoms with Crippen molar-refractivity contribution in [2.45, 2.75) is 25.8 Å². The summed E-state index contributed by atoms with van der Waals surface area (Å²) in [4.78, 5) is 16.6. The van der Waals surface area contributed by atoms with Gasteiger partial charge in [-0.1, -0.05) is 36.7 Å². The van der Waals surface area contributed by atoms with Crippen LogP contribution in [0.3, 0.4) is 0 Å². The van der Waals surface area contributed by atoms with Crippen molar-refractivity contribution in [3.63, 3.8) is 0 Å². The molecule has 2 aromatic carbocycles. The van der Waals surface area contributed by atoms with Crippen molar-refractivity contribution in [3.8, 4) is 11.5 Å². The average Bonchev–Trinajstić information content (AvgIpc) is 2.69. The third-order valence-corrected chi connectivity index (χ3v) is 4.70. The number of hydrogen-bond donors (Lipinski definition) is 2. The zero-order chi connectivity index (χ0) is 19.4. The van der Waals surface area contributed by atoms with Crippen molar-refractivity contribution >= 4 is 28.4 Å². The topological polar surface area (TPSA) is 71.5 Å². The Balaban J connectivity index is 2.20. The van der Waals surface area contributed by atoms with Crippen molar-refractivity contribution in [1.29, 1.82) is 0 Å². The number of phenols is 1. The Morgan fingerprint density at radius 3 is 2.78 bits per heavy atom. The Labute approximate surface area is 163 Å². The van der Waals surface area contributed by atoms with Crippen LogP contribution in [0.4, 0.5) is 0 Å². The van der Waals surface area contributed by atoms with E-state index in [0.29, 0.717) is 33.7 Å². The summed E-state index contributed by atoms with van der Waals surface area (Å²) in [5.74, 6) is 0.476. The minimum atomic E-state index is -0.621. The summed E-state index contributed by atoms with van der Waals surface area (Å²) in [7, 11) is 1.57. The molecule has 27 heavy (non-hydrogen) atoms. The Morgan fingerprint density at radius 2 is 2.04 bits per heavy atom. The van der Waals surface area contributed by atoms with Gasteiger partial charge in [0.05, 0.1) is 18.2 Å². The number of carbonyl (C=O) groups excluding carboxylic acids is 1. The second kappa shape index (κ2) is 8.27. The molecule has 0 saturated heterocycles. The fraction of sp³-hybridized carbons (Fsp3) is 0.238. The first-order chi connectivity index (χ1) is 13.1. The van der Waals surface area contributed by atoms with Crippen molar-refractivity contribution in [2.75, 3.05) is 7.11 Å². The lowest BCUT2D eigenvalue weighted by molar-refractivity contribution is -0.121. The van der Waals surface area contributed by atoms with Crippen LogP contribution in [-0.4, -0.2) is 23.1 Å². The van der Waals surface area contributed by atoms with Crippen LogP contribution in [0.15, 0.2) is 48.7 Å². The van der Waals surface area contributed by atoms with Gasteiger partial charge in [-0.2, -0.15) is 0 Å². The van der Waals surface area contributed by atoms with Gasteiger partial charge in [-0.25, -0.2) is 0 Å². The molecule has 0 aliphatic rings. The molecule has 0 fully saturated rings. The number of rotatable bonds is 6. The SMILES string of the molecule is CCCC(=O)N[C@H](c1ccccc1OC)c1cc(Cl)c2cccnc2c1O. The van der Waals surface area contributed by atoms with Crippen LogP contribution in [-0.2, 0) is 4.79 Å². The van der Waals surface area contributed by atoms with Gasteiger partial charge in [-0.05, 0) is 30.7 Å². The number of halogens is 1. The number of pyridine rings is 1. The quantitative estimate of drug-likeness (QED) is 0.651. The van der Waals surface area contributed by atoms with E-state index in [2.05, 4.69) is 10.3 Å². The number of para-hydroxylation sites is 1. The van der Waals surface area contributed by atoms with Gasteiger partial charge in [0, 0.05) is 29.1 Å². The fourth-order valence-corrected chi connectivity index (χ4v) is 3.38. The van der Waals surface area contributed by atoms with Crippen LogP contribution in [0.25, 0.3) is 10.9 Å². The van der Waals surface area contributed by atoms with E-state index in [-0.39, 0.29) is 11.7 Å². The third kappa shape index (κ3) is 3.83. The number of methoxy groups -OCH3 is 1. The number of hydrogen-bond acceptors (Lipinski definition) is 4. The van der Waals surface area contributed by atoms with E-state index in [1.807, 2.05) is 31.2 Å². The standard InChI is InChI=1S/C21H21ClN2O3/c1-3-7-18(25)24-19(14-8-4-5-10-17(14)27-2)15-12-16(22)13-9-6-11-23-20(13)21(15)26/h4-6,8-12,19,26H,3,7H2,1-2H3,(H,24,25)/t19-/m1/s1. The molecule has 1 aromatic heterocycles. The maximum atomic E-state index is 12.4. The lowest BCUT2D eigenvalue weighted by Crippen LogP contribution is -2.29. The Hall–Kier alpha value is -2.79. The average molecular weight is 385 g/mol. The van der Waals surface area contributed by atoms with E-state index >= 15 is 0 Å². The minimum Gasteiger partial charge on any atom is -0.505 e. The highest BCUT2D eigenvalue weighted by molar-refractivity contribution is 6.35. The number of fused-ring (bicyclic) bond motifs is 1. The van der Waals surface area contributed by atoms with E-state index in [1.165, 1.54) is 0 Å². The predicted molar refractivity (Wildman–Crippen MR) is 106 cm³/mol. The predicted octanol–water partition coefficient (Wildman–Crippen LogP) is 4.61. The van der Waals surface area contributed by atoms with Gasteiger partial charge in [0.1, 0.15) is 17.0 Å². The third-order valence-electron chi connectivity index (χ3n) is 4.39. The normalized spacial score (nSPS) is 12.0. The summed E-state index contributed by atoms with van der Waals surface area (Å²) in [6.07, 6.45) is 2.69.